The zero-order valence-electron chi connectivity index (χ0n) is 15.4. The summed E-state index contributed by atoms with van der Waals surface area (Å²) in [5, 5.41) is 12.9. The van der Waals surface area contributed by atoms with Crippen molar-refractivity contribution in [1.29, 1.82) is 0 Å². The van der Waals surface area contributed by atoms with Crippen LogP contribution in [0.5, 0.6) is 0 Å². The van der Waals surface area contributed by atoms with E-state index >= 15 is 0 Å². The first-order chi connectivity index (χ1) is 13.0. The Morgan fingerprint density at radius 3 is 2.78 bits per heavy atom. The SMILES string of the molecule is CCn1ccnc1Nc1nc2cc(C(=O)O)c(N3CCN(C)CC3)cc2[nH]1. The number of aromatic nitrogens is 4. The number of aryl methyl sites for hydroxylation is 1. The first-order valence-electron chi connectivity index (χ1n) is 9.04. The fourth-order valence-corrected chi connectivity index (χ4v) is 3.38. The molecule has 142 valence electrons. The number of carbonyl (C=O) groups is 1. The predicted octanol–water partition coefficient (Wildman–Crippen LogP) is 1.97. The quantitative estimate of drug-likeness (QED) is 0.632. The predicted molar refractivity (Wildman–Crippen MR) is 104 cm³/mol. The summed E-state index contributed by atoms with van der Waals surface area (Å²) in [5.74, 6) is 0.289. The molecule has 3 N–H and O–H groups in total. The van der Waals surface area contributed by atoms with Crippen molar-refractivity contribution in [2.75, 3.05) is 43.4 Å². The van der Waals surface area contributed by atoms with Crippen LogP contribution < -0.4 is 10.2 Å². The van der Waals surface area contributed by atoms with Crippen LogP contribution in [0.3, 0.4) is 0 Å². The lowest BCUT2D eigenvalue weighted by Crippen LogP contribution is -2.45. The molecule has 1 aromatic carbocycles. The summed E-state index contributed by atoms with van der Waals surface area (Å²) in [5.41, 5.74) is 2.42. The number of nitrogens with zero attached hydrogens (tertiary/aromatic N) is 5. The summed E-state index contributed by atoms with van der Waals surface area (Å²) < 4.78 is 1.96. The number of aromatic carboxylic acids is 1. The minimum atomic E-state index is -0.940. The molecule has 3 aromatic rings. The Hall–Kier alpha value is -3.07. The van der Waals surface area contributed by atoms with Crippen LogP contribution in [0.1, 0.15) is 17.3 Å². The first kappa shape index (κ1) is 17.3. The van der Waals surface area contributed by atoms with Crippen LogP contribution in [0.2, 0.25) is 0 Å². The molecule has 9 nitrogen and oxygen atoms in total. The number of hydrogen-bond donors (Lipinski definition) is 3. The van der Waals surface area contributed by atoms with Gasteiger partial charge in [-0.1, -0.05) is 0 Å². The van der Waals surface area contributed by atoms with E-state index in [0.29, 0.717) is 17.4 Å². The molecule has 0 aliphatic carbocycles. The molecule has 0 radical (unpaired) electrons. The van der Waals surface area contributed by atoms with Gasteiger partial charge in [-0.15, -0.1) is 0 Å². The van der Waals surface area contributed by atoms with Gasteiger partial charge in [0.15, 0.2) is 0 Å². The summed E-state index contributed by atoms with van der Waals surface area (Å²) >= 11 is 0. The smallest absolute Gasteiger partial charge is 0.337 e. The van der Waals surface area contributed by atoms with E-state index in [1.54, 1.807) is 12.3 Å². The van der Waals surface area contributed by atoms with Crippen molar-refractivity contribution in [2.24, 2.45) is 0 Å². The van der Waals surface area contributed by atoms with Gasteiger partial charge in [0.2, 0.25) is 11.9 Å². The van der Waals surface area contributed by atoms with Crippen molar-refractivity contribution in [3.8, 4) is 0 Å². The zero-order chi connectivity index (χ0) is 19.0. The minimum absolute atomic E-state index is 0.278. The first-order valence-corrected chi connectivity index (χ1v) is 9.04. The molecule has 1 fully saturated rings. The second kappa shape index (κ2) is 6.92. The van der Waals surface area contributed by atoms with Gasteiger partial charge >= 0.3 is 5.97 Å². The topological polar surface area (TPSA) is 102 Å². The number of piperazine rings is 1. The van der Waals surface area contributed by atoms with Crippen LogP contribution in [0.15, 0.2) is 24.5 Å². The minimum Gasteiger partial charge on any atom is -0.478 e. The maximum atomic E-state index is 11.8. The Balaban J connectivity index is 1.69. The standard InChI is InChI=1S/C18H23N7O2/c1-3-24-5-4-19-18(24)22-17-20-13-10-12(16(26)27)15(11-14(13)21-17)25-8-6-23(2)7-9-25/h4-5,10-11H,3,6-9H2,1-2H3,(H,26,27)(H2,19,20,21,22). The third-order valence-electron chi connectivity index (χ3n) is 4.96. The number of nitrogens with one attached hydrogen (secondary N) is 2. The molecule has 4 rings (SSSR count). The number of carboxylic acid groups (broad SMARTS) is 1. The number of carboxylic acids is 1. The molecule has 1 aliphatic rings. The van der Waals surface area contributed by atoms with Gasteiger partial charge in [0.05, 0.1) is 22.3 Å². The van der Waals surface area contributed by atoms with E-state index in [1.165, 1.54) is 0 Å². The van der Waals surface area contributed by atoms with E-state index < -0.39 is 5.97 Å². The molecule has 2 aromatic heterocycles. The normalized spacial score (nSPS) is 15.4. The molecule has 3 heterocycles. The number of benzene rings is 1. The van der Waals surface area contributed by atoms with Crippen LogP contribution >= 0.6 is 0 Å². The van der Waals surface area contributed by atoms with Gasteiger partial charge in [-0.2, -0.15) is 0 Å². The number of likely N-dealkylation sites (N-methyl/N-ethyl adjacent to an activating group) is 1. The number of H-pyrrole nitrogens is 1. The highest BCUT2D eigenvalue weighted by Crippen LogP contribution is 2.28. The maximum Gasteiger partial charge on any atom is 0.337 e. The number of imidazole rings is 2. The summed E-state index contributed by atoms with van der Waals surface area (Å²) in [6.45, 7) is 6.25. The molecule has 9 heteroatoms. The second-order valence-corrected chi connectivity index (χ2v) is 6.73. The number of hydrogen-bond acceptors (Lipinski definition) is 6. The second-order valence-electron chi connectivity index (χ2n) is 6.73. The Bertz CT molecular complexity index is 969. The lowest BCUT2D eigenvalue weighted by atomic mass is 10.1. The Morgan fingerprint density at radius 2 is 2.07 bits per heavy atom. The lowest BCUT2D eigenvalue weighted by Gasteiger charge is -2.34. The van der Waals surface area contributed by atoms with E-state index in [2.05, 4.69) is 37.1 Å². The van der Waals surface area contributed by atoms with Gasteiger partial charge < -0.3 is 24.5 Å². The van der Waals surface area contributed by atoms with E-state index in [4.69, 9.17) is 0 Å². The monoisotopic (exact) mass is 369 g/mol. The number of rotatable bonds is 5. The summed E-state index contributed by atoms with van der Waals surface area (Å²) in [6, 6.07) is 3.52. The largest absolute Gasteiger partial charge is 0.478 e. The summed E-state index contributed by atoms with van der Waals surface area (Å²) in [7, 11) is 2.08. The maximum absolute atomic E-state index is 11.8. The van der Waals surface area contributed by atoms with Crippen molar-refractivity contribution < 1.29 is 9.90 Å². The van der Waals surface area contributed by atoms with Crippen LogP contribution in [-0.2, 0) is 6.54 Å². The van der Waals surface area contributed by atoms with E-state index in [-0.39, 0.29) is 5.56 Å². The molecular weight excluding hydrogens is 346 g/mol. The molecule has 0 atom stereocenters. The fraction of sp³-hybridized carbons (Fsp3) is 0.389. The average Bonchev–Trinajstić information content (AvgIpc) is 3.26. The molecule has 0 amide bonds. The highest BCUT2D eigenvalue weighted by Gasteiger charge is 2.22. The van der Waals surface area contributed by atoms with Crippen LogP contribution in [0.4, 0.5) is 17.6 Å². The van der Waals surface area contributed by atoms with Crippen LogP contribution in [0, 0.1) is 0 Å². The lowest BCUT2D eigenvalue weighted by molar-refractivity contribution is 0.0697. The van der Waals surface area contributed by atoms with E-state index in [1.807, 2.05) is 23.8 Å². The molecule has 0 spiro atoms. The van der Waals surface area contributed by atoms with Gasteiger partial charge in [0, 0.05) is 45.1 Å². The molecular formula is C18H23N7O2. The van der Waals surface area contributed by atoms with E-state index in [0.717, 1.165) is 43.9 Å². The fourth-order valence-electron chi connectivity index (χ4n) is 3.38. The summed E-state index contributed by atoms with van der Waals surface area (Å²) in [4.78, 5) is 28.2. The summed E-state index contributed by atoms with van der Waals surface area (Å²) in [6.07, 6.45) is 3.61. The van der Waals surface area contributed by atoms with Crippen LogP contribution in [-0.4, -0.2) is 68.7 Å². The van der Waals surface area contributed by atoms with Gasteiger partial charge in [-0.3, -0.25) is 5.32 Å². The molecule has 1 saturated heterocycles. The highest BCUT2D eigenvalue weighted by atomic mass is 16.4. The van der Waals surface area contributed by atoms with Crippen molar-refractivity contribution in [3.63, 3.8) is 0 Å². The number of fused-ring (bicyclic) bond motifs is 1. The molecule has 27 heavy (non-hydrogen) atoms. The third kappa shape index (κ3) is 3.33. The molecule has 0 saturated carbocycles. The average molecular weight is 369 g/mol. The van der Waals surface area contributed by atoms with E-state index in [9.17, 15) is 9.90 Å². The Morgan fingerprint density at radius 1 is 1.30 bits per heavy atom. The molecule has 1 aliphatic heterocycles. The van der Waals surface area contributed by atoms with Crippen molar-refractivity contribution in [1.82, 2.24) is 24.4 Å². The number of anilines is 3. The van der Waals surface area contributed by atoms with Crippen molar-refractivity contribution in [3.05, 3.63) is 30.1 Å². The Kier molecular flexibility index (Phi) is 4.44. The van der Waals surface area contributed by atoms with Gasteiger partial charge in [0.1, 0.15) is 0 Å². The molecule has 0 unspecified atom stereocenters. The Labute approximate surface area is 156 Å². The molecule has 0 bridgehead atoms. The van der Waals surface area contributed by atoms with Crippen molar-refractivity contribution >= 4 is 34.6 Å². The highest BCUT2D eigenvalue weighted by molar-refractivity contribution is 6.00. The number of aromatic amines is 1. The van der Waals surface area contributed by atoms with Gasteiger partial charge in [0.25, 0.3) is 0 Å². The van der Waals surface area contributed by atoms with Crippen molar-refractivity contribution in [2.45, 2.75) is 13.5 Å². The third-order valence-corrected chi connectivity index (χ3v) is 4.96. The van der Waals surface area contributed by atoms with Crippen LogP contribution in [0.25, 0.3) is 11.0 Å². The van der Waals surface area contributed by atoms with Gasteiger partial charge in [-0.05, 0) is 26.1 Å². The van der Waals surface area contributed by atoms with Gasteiger partial charge in [-0.25, -0.2) is 14.8 Å². The zero-order valence-corrected chi connectivity index (χ0v) is 15.4.